The second-order valence-electron chi connectivity index (χ2n) is 5.52. The first kappa shape index (κ1) is 15.2. The van der Waals surface area contributed by atoms with Crippen LogP contribution >= 0.6 is 0 Å². The Balaban J connectivity index is 1.99. The lowest BCUT2D eigenvalue weighted by Crippen LogP contribution is -2.36. The maximum absolute atomic E-state index is 12.0. The summed E-state index contributed by atoms with van der Waals surface area (Å²) in [5.41, 5.74) is 7.66. The summed E-state index contributed by atoms with van der Waals surface area (Å²) in [5.74, 6) is 0.242. The molecule has 6 heteroatoms. The van der Waals surface area contributed by atoms with E-state index in [0.717, 1.165) is 11.3 Å². The molecular formula is C15H21N5O. The Hall–Kier alpha value is -2.21. The molecular weight excluding hydrogens is 266 g/mol. The second-order valence-corrected chi connectivity index (χ2v) is 5.52. The summed E-state index contributed by atoms with van der Waals surface area (Å²) >= 11 is 0. The number of aromatic nitrogens is 3. The summed E-state index contributed by atoms with van der Waals surface area (Å²) < 4.78 is 1.73. The molecule has 0 fully saturated rings. The van der Waals surface area contributed by atoms with Crippen molar-refractivity contribution in [3.63, 3.8) is 0 Å². The Morgan fingerprint density at radius 1 is 1.43 bits per heavy atom. The lowest BCUT2D eigenvalue weighted by Gasteiger charge is -2.14. The van der Waals surface area contributed by atoms with Gasteiger partial charge in [-0.05, 0) is 30.0 Å². The zero-order valence-electron chi connectivity index (χ0n) is 12.4. The van der Waals surface area contributed by atoms with Gasteiger partial charge in [-0.3, -0.25) is 4.79 Å². The number of amides is 1. The number of nitrogens with one attached hydrogen (secondary N) is 1. The molecule has 2 rings (SSSR count). The Kier molecular flexibility index (Phi) is 5.05. The molecule has 1 heterocycles. The van der Waals surface area contributed by atoms with E-state index in [4.69, 9.17) is 5.73 Å². The van der Waals surface area contributed by atoms with Crippen LogP contribution in [-0.4, -0.2) is 26.7 Å². The first-order valence-electron chi connectivity index (χ1n) is 7.02. The fraction of sp³-hybridized carbons (Fsp3) is 0.400. The average molecular weight is 287 g/mol. The summed E-state index contributed by atoms with van der Waals surface area (Å²) in [7, 11) is 0. The van der Waals surface area contributed by atoms with E-state index in [1.807, 2.05) is 38.1 Å². The highest BCUT2D eigenvalue weighted by Gasteiger charge is 2.15. The molecule has 0 radical (unpaired) electrons. The van der Waals surface area contributed by atoms with Crippen LogP contribution in [0.3, 0.4) is 0 Å². The monoisotopic (exact) mass is 287 g/mol. The fourth-order valence-electron chi connectivity index (χ4n) is 2.10. The Labute approximate surface area is 124 Å². The van der Waals surface area contributed by atoms with Crippen LogP contribution in [0, 0.1) is 5.92 Å². The molecule has 0 aliphatic rings. The minimum absolute atomic E-state index is 0.151. The van der Waals surface area contributed by atoms with Crippen LogP contribution < -0.4 is 11.1 Å². The first-order valence-corrected chi connectivity index (χ1v) is 7.02. The standard InChI is InChI=1S/C15H21N5O/c1-11(2)6-14(16)15(21)19-13-5-3-4-12(7-13)8-20-10-17-9-18-20/h3-5,7,9-11,14H,6,8,16H2,1-2H3,(H,19,21). The molecule has 0 spiro atoms. The molecule has 21 heavy (non-hydrogen) atoms. The largest absolute Gasteiger partial charge is 0.325 e. The van der Waals surface area contributed by atoms with Crippen molar-refractivity contribution in [1.29, 1.82) is 0 Å². The van der Waals surface area contributed by atoms with Gasteiger partial charge >= 0.3 is 0 Å². The molecule has 0 saturated heterocycles. The predicted octanol–water partition coefficient (Wildman–Crippen LogP) is 1.64. The normalized spacial score (nSPS) is 12.4. The molecule has 112 valence electrons. The van der Waals surface area contributed by atoms with E-state index in [-0.39, 0.29) is 5.91 Å². The van der Waals surface area contributed by atoms with E-state index in [1.165, 1.54) is 6.33 Å². The molecule has 1 unspecified atom stereocenters. The highest BCUT2D eigenvalue weighted by Crippen LogP contribution is 2.13. The van der Waals surface area contributed by atoms with E-state index < -0.39 is 6.04 Å². The summed E-state index contributed by atoms with van der Waals surface area (Å²) in [6.07, 6.45) is 3.82. The van der Waals surface area contributed by atoms with Gasteiger partial charge in [0.15, 0.2) is 0 Å². The molecule has 6 nitrogen and oxygen atoms in total. The van der Waals surface area contributed by atoms with Crippen LogP contribution in [0.15, 0.2) is 36.9 Å². The smallest absolute Gasteiger partial charge is 0.241 e. The number of carbonyl (C=O) groups is 1. The maximum Gasteiger partial charge on any atom is 0.241 e. The van der Waals surface area contributed by atoms with Gasteiger partial charge in [0.05, 0.1) is 12.6 Å². The minimum Gasteiger partial charge on any atom is -0.325 e. The van der Waals surface area contributed by atoms with Crippen molar-refractivity contribution in [3.8, 4) is 0 Å². The quantitative estimate of drug-likeness (QED) is 0.845. The van der Waals surface area contributed by atoms with Gasteiger partial charge in [-0.25, -0.2) is 9.67 Å². The number of rotatable bonds is 6. The molecule has 1 amide bonds. The molecule has 0 bridgehead atoms. The summed E-state index contributed by atoms with van der Waals surface area (Å²) in [5, 5.41) is 6.92. The highest BCUT2D eigenvalue weighted by atomic mass is 16.2. The van der Waals surface area contributed by atoms with E-state index >= 15 is 0 Å². The van der Waals surface area contributed by atoms with E-state index in [9.17, 15) is 4.79 Å². The van der Waals surface area contributed by atoms with Crippen LogP contribution in [0.1, 0.15) is 25.8 Å². The van der Waals surface area contributed by atoms with Crippen molar-refractivity contribution in [3.05, 3.63) is 42.5 Å². The third-order valence-electron chi connectivity index (χ3n) is 3.07. The average Bonchev–Trinajstić information content (AvgIpc) is 2.91. The third kappa shape index (κ3) is 4.68. The van der Waals surface area contributed by atoms with Crippen molar-refractivity contribution in [2.24, 2.45) is 11.7 Å². The number of anilines is 1. The van der Waals surface area contributed by atoms with Gasteiger partial charge in [0.1, 0.15) is 12.7 Å². The fourth-order valence-corrected chi connectivity index (χ4v) is 2.10. The lowest BCUT2D eigenvalue weighted by atomic mass is 10.0. The van der Waals surface area contributed by atoms with Crippen molar-refractivity contribution < 1.29 is 4.79 Å². The molecule has 3 N–H and O–H groups in total. The number of carbonyl (C=O) groups excluding carboxylic acids is 1. The van der Waals surface area contributed by atoms with Gasteiger partial charge in [-0.2, -0.15) is 5.10 Å². The molecule has 1 aromatic heterocycles. The number of benzene rings is 1. The molecule has 0 aliphatic carbocycles. The van der Waals surface area contributed by atoms with Crippen LogP contribution in [0.4, 0.5) is 5.69 Å². The summed E-state index contributed by atoms with van der Waals surface area (Å²) in [6, 6.07) is 7.16. The molecule has 2 aromatic rings. The van der Waals surface area contributed by atoms with Gasteiger partial charge in [0.2, 0.25) is 5.91 Å². The topological polar surface area (TPSA) is 85.8 Å². The maximum atomic E-state index is 12.0. The van der Waals surface area contributed by atoms with Gasteiger partial charge in [0.25, 0.3) is 0 Å². The number of hydrogen-bond acceptors (Lipinski definition) is 4. The summed E-state index contributed by atoms with van der Waals surface area (Å²) in [4.78, 5) is 15.9. The molecule has 0 aliphatic heterocycles. The van der Waals surface area contributed by atoms with Gasteiger partial charge < -0.3 is 11.1 Å². The van der Waals surface area contributed by atoms with Crippen molar-refractivity contribution in [2.75, 3.05) is 5.32 Å². The first-order chi connectivity index (χ1) is 10.0. The third-order valence-corrected chi connectivity index (χ3v) is 3.07. The minimum atomic E-state index is -0.482. The van der Waals surface area contributed by atoms with Crippen LogP contribution in [-0.2, 0) is 11.3 Å². The number of nitrogens with zero attached hydrogens (tertiary/aromatic N) is 3. The molecule has 1 atom stereocenters. The van der Waals surface area contributed by atoms with E-state index in [0.29, 0.717) is 18.9 Å². The van der Waals surface area contributed by atoms with Crippen LogP contribution in [0.5, 0.6) is 0 Å². The van der Waals surface area contributed by atoms with Gasteiger partial charge in [0, 0.05) is 5.69 Å². The lowest BCUT2D eigenvalue weighted by molar-refractivity contribution is -0.117. The van der Waals surface area contributed by atoms with Crippen molar-refractivity contribution in [2.45, 2.75) is 32.9 Å². The van der Waals surface area contributed by atoms with E-state index in [1.54, 1.807) is 11.0 Å². The molecule has 1 aromatic carbocycles. The van der Waals surface area contributed by atoms with E-state index in [2.05, 4.69) is 15.4 Å². The predicted molar refractivity (Wildman–Crippen MR) is 81.6 cm³/mol. The highest BCUT2D eigenvalue weighted by molar-refractivity contribution is 5.94. The van der Waals surface area contributed by atoms with Crippen LogP contribution in [0.25, 0.3) is 0 Å². The van der Waals surface area contributed by atoms with Gasteiger partial charge in [-0.15, -0.1) is 0 Å². The second kappa shape index (κ2) is 6.99. The van der Waals surface area contributed by atoms with Crippen LogP contribution in [0.2, 0.25) is 0 Å². The Bertz CT molecular complexity index is 580. The Morgan fingerprint density at radius 2 is 2.24 bits per heavy atom. The van der Waals surface area contributed by atoms with Gasteiger partial charge in [-0.1, -0.05) is 26.0 Å². The van der Waals surface area contributed by atoms with Crippen molar-refractivity contribution in [1.82, 2.24) is 14.8 Å². The van der Waals surface area contributed by atoms with Crippen molar-refractivity contribution >= 4 is 11.6 Å². The molecule has 0 saturated carbocycles. The zero-order valence-corrected chi connectivity index (χ0v) is 12.4. The number of nitrogens with two attached hydrogens (primary N) is 1. The zero-order chi connectivity index (χ0) is 15.2. The summed E-state index contributed by atoms with van der Waals surface area (Å²) in [6.45, 7) is 4.71. The Morgan fingerprint density at radius 3 is 2.90 bits per heavy atom. The number of hydrogen-bond donors (Lipinski definition) is 2. The SMILES string of the molecule is CC(C)CC(N)C(=O)Nc1cccc(Cn2cncn2)c1.